The van der Waals surface area contributed by atoms with Crippen LogP contribution in [-0.4, -0.2) is 20.2 Å². The summed E-state index contributed by atoms with van der Waals surface area (Å²) in [6.45, 7) is 0. The number of nitrogens with zero attached hydrogens (tertiary/aromatic N) is 2. The molecule has 3 heterocycles. The molecule has 1 aromatic carbocycles. The van der Waals surface area contributed by atoms with Crippen LogP contribution in [0.4, 0.5) is 4.39 Å². The summed E-state index contributed by atoms with van der Waals surface area (Å²) in [4.78, 5) is 19.9. The van der Waals surface area contributed by atoms with Crippen molar-refractivity contribution in [3.05, 3.63) is 58.9 Å². The smallest absolute Gasteiger partial charge is 0.273 e. The minimum atomic E-state index is -0.389. The fraction of sp³-hybridized carbons (Fsp3) is 0. The van der Waals surface area contributed by atoms with Crippen molar-refractivity contribution < 1.29 is 4.39 Å². The van der Waals surface area contributed by atoms with E-state index in [-0.39, 0.29) is 17.1 Å². The quantitative estimate of drug-likeness (QED) is 0.563. The molecule has 2 N–H and O–H groups in total. The molecule has 3 aromatic heterocycles. The minimum absolute atomic E-state index is 0.228. The first-order chi connectivity index (χ1) is 10.2. The van der Waals surface area contributed by atoms with E-state index in [1.807, 2.05) is 0 Å². The fourth-order valence-electron chi connectivity index (χ4n) is 2.43. The number of nitrogens with one attached hydrogen (secondary N) is 2. The van der Waals surface area contributed by atoms with Gasteiger partial charge in [0.1, 0.15) is 11.5 Å². The van der Waals surface area contributed by atoms with Crippen molar-refractivity contribution in [3.63, 3.8) is 0 Å². The lowest BCUT2D eigenvalue weighted by atomic mass is 10.1. The molecule has 0 aliphatic heterocycles. The van der Waals surface area contributed by atoms with Gasteiger partial charge in [-0.25, -0.2) is 4.39 Å². The molecule has 5 nitrogen and oxygen atoms in total. The molecule has 0 saturated carbocycles. The van der Waals surface area contributed by atoms with Crippen LogP contribution in [0.2, 0.25) is 0 Å². The first-order valence-electron chi connectivity index (χ1n) is 6.34. The highest BCUT2D eigenvalue weighted by Crippen LogP contribution is 2.26. The summed E-state index contributed by atoms with van der Waals surface area (Å²) in [5.41, 5.74) is 2.06. The zero-order valence-electron chi connectivity index (χ0n) is 10.7. The number of benzene rings is 1. The highest BCUT2D eigenvalue weighted by Gasteiger charge is 2.10. The molecule has 0 bridgehead atoms. The van der Waals surface area contributed by atoms with E-state index in [2.05, 4.69) is 20.2 Å². The van der Waals surface area contributed by atoms with Gasteiger partial charge in [-0.15, -0.1) is 0 Å². The van der Waals surface area contributed by atoms with E-state index in [9.17, 15) is 9.18 Å². The first kappa shape index (κ1) is 11.8. The fourth-order valence-corrected chi connectivity index (χ4v) is 2.43. The zero-order valence-corrected chi connectivity index (χ0v) is 10.7. The first-order valence-corrected chi connectivity index (χ1v) is 6.34. The third-order valence-electron chi connectivity index (χ3n) is 3.45. The van der Waals surface area contributed by atoms with E-state index in [1.165, 1.54) is 12.3 Å². The normalized spacial score (nSPS) is 11.3. The van der Waals surface area contributed by atoms with Crippen LogP contribution in [0.1, 0.15) is 0 Å². The van der Waals surface area contributed by atoms with Gasteiger partial charge in [-0.05, 0) is 24.3 Å². The van der Waals surface area contributed by atoms with Crippen LogP contribution in [-0.2, 0) is 0 Å². The Morgan fingerprint density at radius 3 is 2.81 bits per heavy atom. The van der Waals surface area contributed by atoms with Crippen LogP contribution < -0.4 is 5.56 Å². The van der Waals surface area contributed by atoms with Gasteiger partial charge >= 0.3 is 0 Å². The van der Waals surface area contributed by atoms with Gasteiger partial charge in [0.15, 0.2) is 0 Å². The van der Waals surface area contributed by atoms with E-state index in [4.69, 9.17) is 0 Å². The van der Waals surface area contributed by atoms with E-state index in [0.717, 1.165) is 10.9 Å². The highest BCUT2D eigenvalue weighted by molar-refractivity contribution is 6.04. The van der Waals surface area contributed by atoms with E-state index in [1.54, 1.807) is 30.5 Å². The second-order valence-corrected chi connectivity index (χ2v) is 4.69. The monoisotopic (exact) mass is 280 g/mol. The summed E-state index contributed by atoms with van der Waals surface area (Å²) in [5, 5.41) is 6.58. The van der Waals surface area contributed by atoms with E-state index >= 15 is 0 Å². The molecule has 0 spiro atoms. The topological polar surface area (TPSA) is 74.4 Å². The summed E-state index contributed by atoms with van der Waals surface area (Å²) in [5.74, 6) is -0.389. The lowest BCUT2D eigenvalue weighted by molar-refractivity contribution is 0.626. The molecule has 0 aliphatic carbocycles. The maximum absolute atomic E-state index is 13.9. The van der Waals surface area contributed by atoms with Gasteiger partial charge in [0, 0.05) is 23.3 Å². The zero-order chi connectivity index (χ0) is 14.4. The minimum Gasteiger partial charge on any atom is -0.297 e. The number of aromatic amines is 2. The number of rotatable bonds is 1. The maximum Gasteiger partial charge on any atom is 0.273 e. The largest absolute Gasteiger partial charge is 0.297 e. The summed E-state index contributed by atoms with van der Waals surface area (Å²) < 4.78 is 13.9. The number of fused-ring (bicyclic) bond motifs is 3. The Bertz CT molecular complexity index is 1030. The molecule has 0 unspecified atom stereocenters. The van der Waals surface area contributed by atoms with Crippen LogP contribution in [0.5, 0.6) is 0 Å². The number of H-pyrrole nitrogens is 2. The van der Waals surface area contributed by atoms with Crippen molar-refractivity contribution in [1.29, 1.82) is 0 Å². The predicted molar refractivity (Wildman–Crippen MR) is 77.4 cm³/mol. The van der Waals surface area contributed by atoms with Crippen LogP contribution in [0.3, 0.4) is 0 Å². The predicted octanol–water partition coefficient (Wildman–Crippen LogP) is 2.61. The molecule has 0 fully saturated rings. The molecule has 0 amide bonds. The Morgan fingerprint density at radius 2 is 1.95 bits per heavy atom. The van der Waals surface area contributed by atoms with Crippen LogP contribution in [0.15, 0.2) is 47.5 Å². The van der Waals surface area contributed by atoms with Gasteiger partial charge in [0.2, 0.25) is 0 Å². The standard InChI is InChI=1S/C15H9FN4O/c16-11-2-1-5-17-13(11)8-3-4-12-9(6-8)14-10(7-18-12)15(21)20-19-14/h1-7H,(H2,19,20,21). The number of hydrogen-bond donors (Lipinski definition) is 2. The maximum atomic E-state index is 13.9. The molecule has 0 aliphatic rings. The number of aromatic nitrogens is 4. The molecule has 4 aromatic rings. The Labute approximate surface area is 117 Å². The van der Waals surface area contributed by atoms with Crippen molar-refractivity contribution in [2.24, 2.45) is 0 Å². The highest BCUT2D eigenvalue weighted by atomic mass is 19.1. The average molecular weight is 280 g/mol. The van der Waals surface area contributed by atoms with Gasteiger partial charge in [0.25, 0.3) is 5.56 Å². The number of halogens is 1. The Kier molecular flexibility index (Phi) is 2.38. The van der Waals surface area contributed by atoms with Crippen molar-refractivity contribution in [2.45, 2.75) is 0 Å². The summed E-state index contributed by atoms with van der Waals surface area (Å²) >= 11 is 0. The van der Waals surface area contributed by atoms with Gasteiger partial charge in [-0.1, -0.05) is 6.07 Å². The SMILES string of the molecule is O=c1[nH][nH]c2c1cnc1ccc(-c3ncccc3F)cc12. The Hall–Kier alpha value is -3.02. The van der Waals surface area contributed by atoms with Crippen molar-refractivity contribution >= 4 is 21.8 Å². The molecular formula is C15H9FN4O. The van der Waals surface area contributed by atoms with Crippen molar-refractivity contribution in [2.75, 3.05) is 0 Å². The van der Waals surface area contributed by atoms with E-state index < -0.39 is 0 Å². The number of hydrogen-bond acceptors (Lipinski definition) is 3. The summed E-state index contributed by atoms with van der Waals surface area (Å²) in [6.07, 6.45) is 3.06. The van der Waals surface area contributed by atoms with E-state index in [0.29, 0.717) is 16.5 Å². The van der Waals surface area contributed by atoms with Crippen molar-refractivity contribution in [1.82, 2.24) is 20.2 Å². The Balaban J connectivity index is 2.07. The molecule has 6 heteroatoms. The third-order valence-corrected chi connectivity index (χ3v) is 3.45. The lowest BCUT2D eigenvalue weighted by Crippen LogP contribution is -1.97. The second kappa shape index (κ2) is 4.24. The van der Waals surface area contributed by atoms with Crippen LogP contribution in [0, 0.1) is 5.82 Å². The second-order valence-electron chi connectivity index (χ2n) is 4.69. The summed E-state index contributed by atoms with van der Waals surface area (Å²) in [6, 6.07) is 8.23. The Morgan fingerprint density at radius 1 is 1.05 bits per heavy atom. The van der Waals surface area contributed by atoms with Crippen LogP contribution >= 0.6 is 0 Å². The average Bonchev–Trinajstić information content (AvgIpc) is 2.89. The molecule has 0 radical (unpaired) electrons. The molecule has 0 saturated heterocycles. The van der Waals surface area contributed by atoms with Gasteiger partial charge < -0.3 is 0 Å². The lowest BCUT2D eigenvalue weighted by Gasteiger charge is -2.04. The third kappa shape index (κ3) is 1.73. The molecular weight excluding hydrogens is 271 g/mol. The molecule has 0 atom stereocenters. The van der Waals surface area contributed by atoms with Gasteiger partial charge in [-0.3, -0.25) is 25.0 Å². The molecule has 21 heavy (non-hydrogen) atoms. The molecule has 102 valence electrons. The van der Waals surface area contributed by atoms with Gasteiger partial charge in [-0.2, -0.15) is 0 Å². The van der Waals surface area contributed by atoms with Crippen LogP contribution in [0.25, 0.3) is 33.1 Å². The van der Waals surface area contributed by atoms with Gasteiger partial charge in [0.05, 0.1) is 16.4 Å². The molecule has 4 rings (SSSR count). The summed E-state index contributed by atoms with van der Waals surface area (Å²) in [7, 11) is 0. The van der Waals surface area contributed by atoms with Crippen molar-refractivity contribution in [3.8, 4) is 11.3 Å². The number of pyridine rings is 2.